The predicted molar refractivity (Wildman–Crippen MR) is 133 cm³/mol. The minimum atomic E-state index is -0.282. The van der Waals surface area contributed by atoms with E-state index in [0.717, 1.165) is 26.6 Å². The number of amides is 1. The number of methoxy groups -OCH3 is 1. The molecule has 3 rings (SSSR count). The fourth-order valence-electron chi connectivity index (χ4n) is 3.44. The summed E-state index contributed by atoms with van der Waals surface area (Å²) in [5.74, 6) is 1.80. The number of aromatic amines is 1. The summed E-state index contributed by atoms with van der Waals surface area (Å²) in [4.78, 5) is 36.5. The smallest absolute Gasteiger partial charge is 0.259 e. The number of hydrogen-bond donors (Lipinski definition) is 2. The second kappa shape index (κ2) is 10.5. The minimum Gasteiger partial charge on any atom is -0.497 e. The fourth-order valence-corrected chi connectivity index (χ4v) is 5.26. The Hall–Kier alpha value is -2.36. The predicted octanol–water partition coefficient (Wildman–Crippen LogP) is 3.65. The van der Waals surface area contributed by atoms with Crippen molar-refractivity contribution in [3.05, 3.63) is 56.4 Å². The van der Waals surface area contributed by atoms with E-state index in [1.54, 1.807) is 7.11 Å². The summed E-state index contributed by atoms with van der Waals surface area (Å²) < 4.78 is 5.33. The number of H-pyrrole nitrogens is 1. The fraction of sp³-hybridized carbons (Fsp3) is 0.435. The molecule has 1 aromatic carbocycles. The molecule has 0 saturated heterocycles. The van der Waals surface area contributed by atoms with E-state index in [1.165, 1.54) is 23.1 Å². The Balaban J connectivity index is 1.60. The molecule has 2 heterocycles. The van der Waals surface area contributed by atoms with Crippen molar-refractivity contribution >= 4 is 39.2 Å². The van der Waals surface area contributed by atoms with Gasteiger partial charge < -0.3 is 19.9 Å². The first-order valence-corrected chi connectivity index (χ1v) is 12.3. The standard InChI is InChI=1S/C23H30N4O3S2/c1-13-14(2)32-23-20(13)22(29)25-19(26-23)12-31-15(3)21(28)24-11-18(27(4)5)16-8-7-9-17(10-16)30-6/h7-10,15,18H,11-12H2,1-6H3,(H,24,28)(H,25,26,29). The number of hydrogen-bond acceptors (Lipinski definition) is 7. The van der Waals surface area contributed by atoms with Crippen LogP contribution in [0.4, 0.5) is 0 Å². The molecule has 172 valence electrons. The highest BCUT2D eigenvalue weighted by Crippen LogP contribution is 2.27. The number of likely N-dealkylation sites (N-methyl/N-ethyl adjacent to an activating group) is 1. The third-order valence-electron chi connectivity index (χ3n) is 5.50. The summed E-state index contributed by atoms with van der Waals surface area (Å²) in [7, 11) is 5.62. The third kappa shape index (κ3) is 5.51. The lowest BCUT2D eigenvalue weighted by atomic mass is 10.1. The zero-order valence-corrected chi connectivity index (χ0v) is 20.9. The number of fused-ring (bicyclic) bond motifs is 1. The highest BCUT2D eigenvalue weighted by atomic mass is 32.2. The van der Waals surface area contributed by atoms with Crippen molar-refractivity contribution in [1.29, 1.82) is 0 Å². The lowest BCUT2D eigenvalue weighted by Gasteiger charge is -2.26. The lowest BCUT2D eigenvalue weighted by molar-refractivity contribution is -0.120. The molecule has 2 aromatic heterocycles. The summed E-state index contributed by atoms with van der Waals surface area (Å²) in [6, 6.07) is 7.90. The minimum absolute atomic E-state index is 0.0250. The van der Waals surface area contributed by atoms with Gasteiger partial charge in [0.05, 0.1) is 29.5 Å². The molecule has 0 spiro atoms. The first-order chi connectivity index (χ1) is 15.2. The molecule has 9 heteroatoms. The molecule has 0 saturated carbocycles. The molecule has 32 heavy (non-hydrogen) atoms. The van der Waals surface area contributed by atoms with Crippen LogP contribution in [0.1, 0.15) is 34.8 Å². The summed E-state index contributed by atoms with van der Waals surface area (Å²) in [6.45, 7) is 6.29. The molecule has 2 atom stereocenters. The van der Waals surface area contributed by atoms with Crippen LogP contribution in [0.5, 0.6) is 5.75 Å². The van der Waals surface area contributed by atoms with Crippen molar-refractivity contribution in [2.75, 3.05) is 27.7 Å². The zero-order valence-electron chi connectivity index (χ0n) is 19.3. The van der Waals surface area contributed by atoms with Crippen LogP contribution in [0, 0.1) is 13.8 Å². The van der Waals surface area contributed by atoms with Crippen molar-refractivity contribution in [3.63, 3.8) is 0 Å². The Morgan fingerprint density at radius 2 is 2.09 bits per heavy atom. The van der Waals surface area contributed by atoms with Gasteiger partial charge in [-0.2, -0.15) is 0 Å². The van der Waals surface area contributed by atoms with Crippen LogP contribution in [0.25, 0.3) is 10.2 Å². The van der Waals surface area contributed by atoms with Gasteiger partial charge in [0.1, 0.15) is 16.4 Å². The van der Waals surface area contributed by atoms with Gasteiger partial charge in [0.2, 0.25) is 5.91 Å². The SMILES string of the molecule is COc1cccc(C(CNC(=O)C(C)SCc2nc3sc(C)c(C)c3c(=O)[nH]2)N(C)C)c1. The monoisotopic (exact) mass is 474 g/mol. The van der Waals surface area contributed by atoms with Gasteiger partial charge in [-0.25, -0.2) is 4.98 Å². The van der Waals surface area contributed by atoms with Crippen LogP contribution in [0.2, 0.25) is 0 Å². The average Bonchev–Trinajstić information content (AvgIpc) is 3.05. The topological polar surface area (TPSA) is 87.3 Å². The maximum absolute atomic E-state index is 12.7. The zero-order chi connectivity index (χ0) is 23.4. The van der Waals surface area contributed by atoms with Crippen molar-refractivity contribution in [1.82, 2.24) is 20.2 Å². The summed E-state index contributed by atoms with van der Waals surface area (Å²) in [5.41, 5.74) is 1.94. The molecule has 1 amide bonds. The van der Waals surface area contributed by atoms with Gasteiger partial charge in [0.15, 0.2) is 0 Å². The van der Waals surface area contributed by atoms with Crippen LogP contribution in [0.3, 0.4) is 0 Å². The van der Waals surface area contributed by atoms with Crippen LogP contribution in [0.15, 0.2) is 29.1 Å². The van der Waals surface area contributed by atoms with Crippen LogP contribution in [-0.2, 0) is 10.5 Å². The number of thioether (sulfide) groups is 1. The molecule has 3 aromatic rings. The molecule has 2 unspecified atom stereocenters. The normalized spacial score (nSPS) is 13.3. The second-order valence-corrected chi connectivity index (χ2v) is 10.5. The van der Waals surface area contributed by atoms with Crippen molar-refractivity contribution in [2.24, 2.45) is 0 Å². The summed E-state index contributed by atoms with van der Waals surface area (Å²) in [6.07, 6.45) is 0. The van der Waals surface area contributed by atoms with Crippen LogP contribution < -0.4 is 15.6 Å². The Morgan fingerprint density at radius 3 is 2.78 bits per heavy atom. The Morgan fingerprint density at radius 1 is 1.34 bits per heavy atom. The van der Waals surface area contributed by atoms with E-state index < -0.39 is 0 Å². The molecule has 0 aliphatic carbocycles. The molecule has 0 aliphatic rings. The molecule has 0 fully saturated rings. The molecule has 0 radical (unpaired) electrons. The van der Waals surface area contributed by atoms with Crippen molar-refractivity contribution < 1.29 is 9.53 Å². The van der Waals surface area contributed by atoms with Gasteiger partial charge in [-0.05, 0) is 58.1 Å². The second-order valence-electron chi connectivity index (χ2n) is 7.93. The van der Waals surface area contributed by atoms with Gasteiger partial charge in [0.25, 0.3) is 5.56 Å². The number of carbonyl (C=O) groups is 1. The van der Waals surface area contributed by atoms with E-state index >= 15 is 0 Å². The number of ether oxygens (including phenoxy) is 1. The molecular weight excluding hydrogens is 444 g/mol. The molecule has 0 bridgehead atoms. The van der Waals surface area contributed by atoms with Crippen molar-refractivity contribution in [2.45, 2.75) is 37.8 Å². The van der Waals surface area contributed by atoms with E-state index in [2.05, 4.69) is 20.2 Å². The molecule has 7 nitrogen and oxygen atoms in total. The largest absolute Gasteiger partial charge is 0.497 e. The van der Waals surface area contributed by atoms with E-state index in [-0.39, 0.29) is 22.8 Å². The number of benzene rings is 1. The van der Waals surface area contributed by atoms with Crippen LogP contribution >= 0.6 is 23.1 Å². The number of aromatic nitrogens is 2. The van der Waals surface area contributed by atoms with Gasteiger partial charge in [-0.15, -0.1) is 23.1 Å². The summed E-state index contributed by atoms with van der Waals surface area (Å²) >= 11 is 2.98. The first-order valence-electron chi connectivity index (χ1n) is 10.4. The Bertz CT molecular complexity index is 1160. The number of nitrogens with zero attached hydrogens (tertiary/aromatic N) is 2. The number of rotatable bonds is 9. The van der Waals surface area contributed by atoms with E-state index in [0.29, 0.717) is 23.5 Å². The van der Waals surface area contributed by atoms with E-state index in [1.807, 2.05) is 59.1 Å². The maximum atomic E-state index is 12.7. The van der Waals surface area contributed by atoms with Gasteiger partial charge in [-0.3, -0.25) is 9.59 Å². The molecular formula is C23H30N4O3S2. The molecule has 2 N–H and O–H groups in total. The quantitative estimate of drug-likeness (QED) is 0.492. The van der Waals surface area contributed by atoms with Gasteiger partial charge in [-0.1, -0.05) is 12.1 Å². The Kier molecular flexibility index (Phi) is 7.97. The number of carbonyl (C=O) groups excluding carboxylic acids is 1. The third-order valence-corrected chi connectivity index (χ3v) is 7.75. The van der Waals surface area contributed by atoms with Crippen molar-refractivity contribution in [3.8, 4) is 5.75 Å². The van der Waals surface area contributed by atoms with E-state index in [4.69, 9.17) is 4.74 Å². The Labute approximate surface area is 196 Å². The number of aryl methyl sites for hydroxylation is 2. The lowest BCUT2D eigenvalue weighted by Crippen LogP contribution is -2.38. The van der Waals surface area contributed by atoms with Crippen LogP contribution in [-0.4, -0.2) is 53.8 Å². The maximum Gasteiger partial charge on any atom is 0.259 e. The highest BCUT2D eigenvalue weighted by Gasteiger charge is 2.20. The van der Waals surface area contributed by atoms with Gasteiger partial charge in [0, 0.05) is 11.4 Å². The highest BCUT2D eigenvalue weighted by molar-refractivity contribution is 7.99. The number of nitrogens with one attached hydrogen (secondary N) is 2. The summed E-state index contributed by atoms with van der Waals surface area (Å²) in [5, 5.41) is 3.44. The van der Waals surface area contributed by atoms with E-state index in [9.17, 15) is 9.59 Å². The number of thiophene rings is 1. The van der Waals surface area contributed by atoms with Gasteiger partial charge >= 0.3 is 0 Å². The average molecular weight is 475 g/mol. The first kappa shape index (κ1) is 24.3. The molecule has 0 aliphatic heterocycles.